The van der Waals surface area contributed by atoms with Gasteiger partial charge in [-0.1, -0.05) is 17.7 Å². The Morgan fingerprint density at radius 3 is 2.75 bits per heavy atom. The summed E-state index contributed by atoms with van der Waals surface area (Å²) in [7, 11) is 0. The van der Waals surface area contributed by atoms with Crippen molar-refractivity contribution in [3.8, 4) is 0 Å². The van der Waals surface area contributed by atoms with Crippen LogP contribution in [0, 0.1) is 10.1 Å². The SMILES string of the molecule is O=C(Cl)OCCc1ccc(Cl)cc1[N+](=O)[O-]. The third kappa shape index (κ3) is 3.67. The molecule has 7 heteroatoms. The lowest BCUT2D eigenvalue weighted by Crippen LogP contribution is -2.03. The molecule has 0 aliphatic rings. The van der Waals surface area contributed by atoms with Crippen LogP contribution in [0.1, 0.15) is 5.56 Å². The molecule has 0 saturated heterocycles. The molecule has 0 fully saturated rings. The minimum atomic E-state index is -0.934. The van der Waals surface area contributed by atoms with E-state index in [9.17, 15) is 14.9 Å². The van der Waals surface area contributed by atoms with Gasteiger partial charge in [0.15, 0.2) is 0 Å². The van der Waals surface area contributed by atoms with Gasteiger partial charge in [0.2, 0.25) is 0 Å². The number of nitrogens with zero attached hydrogens (tertiary/aromatic N) is 1. The van der Waals surface area contributed by atoms with Crippen molar-refractivity contribution in [3.63, 3.8) is 0 Å². The lowest BCUT2D eigenvalue weighted by Gasteiger charge is -2.03. The molecule has 1 rings (SSSR count). The minimum Gasteiger partial charge on any atom is -0.453 e. The zero-order chi connectivity index (χ0) is 12.1. The second-order valence-electron chi connectivity index (χ2n) is 2.87. The standard InChI is InChI=1S/C9H7Cl2NO4/c10-7-2-1-6(3-4-16-9(11)13)8(5-7)12(14)15/h1-2,5H,3-4H2. The van der Waals surface area contributed by atoms with Crippen LogP contribution in [0.2, 0.25) is 5.02 Å². The first kappa shape index (κ1) is 12.7. The van der Waals surface area contributed by atoms with Gasteiger partial charge in [-0.25, -0.2) is 4.79 Å². The molecule has 0 radical (unpaired) electrons. The van der Waals surface area contributed by atoms with E-state index in [1.165, 1.54) is 18.2 Å². The highest BCUT2D eigenvalue weighted by Crippen LogP contribution is 2.23. The quantitative estimate of drug-likeness (QED) is 0.475. The molecule has 0 amide bonds. The lowest BCUT2D eigenvalue weighted by atomic mass is 10.1. The van der Waals surface area contributed by atoms with Gasteiger partial charge in [-0.3, -0.25) is 10.1 Å². The molecule has 86 valence electrons. The number of hydrogen-bond acceptors (Lipinski definition) is 4. The molecule has 0 N–H and O–H groups in total. The highest BCUT2D eigenvalue weighted by Gasteiger charge is 2.14. The predicted molar refractivity (Wildman–Crippen MR) is 59.0 cm³/mol. The zero-order valence-corrected chi connectivity index (χ0v) is 9.49. The van der Waals surface area contributed by atoms with Gasteiger partial charge in [0.1, 0.15) is 0 Å². The monoisotopic (exact) mass is 263 g/mol. The summed E-state index contributed by atoms with van der Waals surface area (Å²) in [6.07, 6.45) is 0.214. The maximum Gasteiger partial charge on any atom is 0.403 e. The Labute approximate surface area is 101 Å². The number of carbonyl (C=O) groups excluding carboxylic acids is 1. The fourth-order valence-corrected chi connectivity index (χ4v) is 1.40. The first-order valence-corrected chi connectivity index (χ1v) is 5.01. The Morgan fingerprint density at radius 2 is 2.19 bits per heavy atom. The molecule has 0 aromatic heterocycles. The number of hydrogen-bond donors (Lipinski definition) is 0. The Morgan fingerprint density at radius 1 is 1.50 bits per heavy atom. The highest BCUT2D eigenvalue weighted by molar-refractivity contribution is 6.61. The highest BCUT2D eigenvalue weighted by atomic mass is 35.5. The molecule has 0 unspecified atom stereocenters. The summed E-state index contributed by atoms with van der Waals surface area (Å²) >= 11 is 10.6. The first-order chi connectivity index (χ1) is 7.50. The third-order valence-corrected chi connectivity index (χ3v) is 2.18. The molecule has 0 aliphatic carbocycles. The fourth-order valence-electron chi connectivity index (χ4n) is 1.16. The molecular weight excluding hydrogens is 257 g/mol. The van der Waals surface area contributed by atoms with E-state index in [1.807, 2.05) is 0 Å². The van der Waals surface area contributed by atoms with Crippen LogP contribution >= 0.6 is 23.2 Å². The molecular formula is C9H7Cl2NO4. The average Bonchev–Trinajstić information content (AvgIpc) is 2.19. The summed E-state index contributed by atoms with van der Waals surface area (Å²) < 4.78 is 4.48. The van der Waals surface area contributed by atoms with Crippen LogP contribution in [0.3, 0.4) is 0 Å². The number of carbonyl (C=O) groups is 1. The van der Waals surface area contributed by atoms with Gasteiger partial charge in [-0.05, 0) is 6.07 Å². The largest absolute Gasteiger partial charge is 0.453 e. The minimum absolute atomic E-state index is 0.00912. The van der Waals surface area contributed by atoms with Crippen LogP contribution in [-0.4, -0.2) is 17.0 Å². The molecule has 0 spiro atoms. The Balaban J connectivity index is 2.78. The van der Waals surface area contributed by atoms with E-state index in [0.717, 1.165) is 0 Å². The van der Waals surface area contributed by atoms with Crippen molar-refractivity contribution < 1.29 is 14.5 Å². The fraction of sp³-hybridized carbons (Fsp3) is 0.222. The van der Waals surface area contributed by atoms with Gasteiger partial charge in [-0.15, -0.1) is 0 Å². The Hall–Kier alpha value is -1.33. The van der Waals surface area contributed by atoms with E-state index >= 15 is 0 Å². The zero-order valence-electron chi connectivity index (χ0n) is 7.98. The average molecular weight is 264 g/mol. The predicted octanol–water partition coefficient (Wildman–Crippen LogP) is 3.17. The smallest absolute Gasteiger partial charge is 0.403 e. The molecule has 0 aliphatic heterocycles. The van der Waals surface area contributed by atoms with Crippen LogP contribution in [0.15, 0.2) is 18.2 Å². The summed E-state index contributed by atoms with van der Waals surface area (Å²) in [6, 6.07) is 4.30. The molecule has 16 heavy (non-hydrogen) atoms. The van der Waals surface area contributed by atoms with Gasteiger partial charge >= 0.3 is 5.43 Å². The molecule has 0 bridgehead atoms. The van der Waals surface area contributed by atoms with Gasteiger partial charge in [0.25, 0.3) is 5.69 Å². The topological polar surface area (TPSA) is 69.4 Å². The Bertz CT molecular complexity index is 422. The normalized spacial score (nSPS) is 9.88. The maximum absolute atomic E-state index is 10.7. The van der Waals surface area contributed by atoms with E-state index in [4.69, 9.17) is 23.2 Å². The number of ether oxygens (including phenoxy) is 1. The third-order valence-electron chi connectivity index (χ3n) is 1.83. The summed E-state index contributed by atoms with van der Waals surface area (Å²) in [5, 5.41) is 11.0. The van der Waals surface area contributed by atoms with Gasteiger partial charge in [0.05, 0.1) is 11.5 Å². The maximum atomic E-state index is 10.7. The van der Waals surface area contributed by atoms with Crippen molar-refractivity contribution in [2.45, 2.75) is 6.42 Å². The second kappa shape index (κ2) is 5.67. The molecule has 5 nitrogen and oxygen atoms in total. The van der Waals surface area contributed by atoms with Gasteiger partial charge < -0.3 is 4.74 Å². The van der Waals surface area contributed by atoms with Crippen molar-refractivity contribution in [2.75, 3.05) is 6.61 Å². The number of halogens is 2. The molecule has 0 atom stereocenters. The summed E-state index contributed by atoms with van der Waals surface area (Å²) in [5.74, 6) is 0. The molecule has 1 aromatic carbocycles. The summed E-state index contributed by atoms with van der Waals surface area (Å²) in [4.78, 5) is 20.4. The van der Waals surface area contributed by atoms with Crippen molar-refractivity contribution in [3.05, 3.63) is 38.9 Å². The van der Waals surface area contributed by atoms with E-state index in [-0.39, 0.29) is 23.7 Å². The number of nitro benzene ring substituents is 1. The van der Waals surface area contributed by atoms with Crippen molar-refractivity contribution >= 4 is 34.3 Å². The number of benzene rings is 1. The van der Waals surface area contributed by atoms with E-state index in [1.54, 1.807) is 0 Å². The second-order valence-corrected chi connectivity index (χ2v) is 3.61. The first-order valence-electron chi connectivity index (χ1n) is 4.26. The van der Waals surface area contributed by atoms with Crippen LogP contribution in [-0.2, 0) is 11.2 Å². The van der Waals surface area contributed by atoms with E-state index < -0.39 is 10.4 Å². The van der Waals surface area contributed by atoms with Crippen molar-refractivity contribution in [1.82, 2.24) is 0 Å². The molecule has 1 aromatic rings. The van der Waals surface area contributed by atoms with Crippen molar-refractivity contribution in [1.29, 1.82) is 0 Å². The van der Waals surface area contributed by atoms with E-state index in [2.05, 4.69) is 4.74 Å². The van der Waals surface area contributed by atoms with Crippen LogP contribution in [0.5, 0.6) is 0 Å². The van der Waals surface area contributed by atoms with E-state index in [0.29, 0.717) is 5.56 Å². The van der Waals surface area contributed by atoms with Crippen LogP contribution < -0.4 is 0 Å². The molecule has 0 saturated carbocycles. The number of rotatable bonds is 4. The van der Waals surface area contributed by atoms with Crippen LogP contribution in [0.4, 0.5) is 10.5 Å². The van der Waals surface area contributed by atoms with Gasteiger partial charge in [0, 0.05) is 34.7 Å². The Kier molecular flexibility index (Phi) is 4.52. The lowest BCUT2D eigenvalue weighted by molar-refractivity contribution is -0.385. The van der Waals surface area contributed by atoms with Gasteiger partial charge in [-0.2, -0.15) is 0 Å². The molecule has 0 heterocycles. The summed E-state index contributed by atoms with van der Waals surface area (Å²) in [5.41, 5.74) is -0.595. The summed E-state index contributed by atoms with van der Waals surface area (Å²) in [6.45, 7) is -0.00912. The number of nitro groups is 1. The van der Waals surface area contributed by atoms with Crippen molar-refractivity contribution in [2.24, 2.45) is 0 Å². The van der Waals surface area contributed by atoms with Crippen LogP contribution in [0.25, 0.3) is 0 Å².